The number of fused-ring (bicyclic) bond motifs is 2. The standard InChI is InChI=1S/C32H22Br2/c33-27-14-6-12-24(17-27)29-20-26-16-22-10-4-5-11-23(22)19-30(26)32(25-13-7-15-28(34)18-25)31(29)21-8-2-1-3-9-21/h1-15,17-18,20H,16,19H2. The van der Waals surface area contributed by atoms with Crippen molar-refractivity contribution in [1.29, 1.82) is 0 Å². The lowest BCUT2D eigenvalue weighted by molar-refractivity contribution is 1.00. The normalized spacial score (nSPS) is 12.2. The van der Waals surface area contributed by atoms with Gasteiger partial charge < -0.3 is 0 Å². The monoisotopic (exact) mass is 564 g/mol. The van der Waals surface area contributed by atoms with Gasteiger partial charge in [-0.1, -0.05) is 111 Å². The number of benzene rings is 5. The zero-order valence-corrected chi connectivity index (χ0v) is 21.7. The third kappa shape index (κ3) is 3.96. The number of hydrogen-bond acceptors (Lipinski definition) is 0. The highest BCUT2D eigenvalue weighted by atomic mass is 79.9. The van der Waals surface area contributed by atoms with Gasteiger partial charge >= 0.3 is 0 Å². The van der Waals surface area contributed by atoms with Gasteiger partial charge in [0, 0.05) is 8.95 Å². The van der Waals surface area contributed by atoms with Crippen LogP contribution < -0.4 is 0 Å². The van der Waals surface area contributed by atoms with Crippen LogP contribution in [0.1, 0.15) is 22.3 Å². The Hall–Kier alpha value is -2.94. The summed E-state index contributed by atoms with van der Waals surface area (Å²) in [7, 11) is 0. The Labute approximate surface area is 217 Å². The van der Waals surface area contributed by atoms with E-state index in [-0.39, 0.29) is 0 Å². The largest absolute Gasteiger partial charge is 0.0622 e. The van der Waals surface area contributed by atoms with Crippen molar-refractivity contribution < 1.29 is 0 Å². The van der Waals surface area contributed by atoms with Gasteiger partial charge in [0.2, 0.25) is 0 Å². The van der Waals surface area contributed by atoms with Crippen LogP contribution >= 0.6 is 31.9 Å². The second-order valence-corrected chi connectivity index (χ2v) is 10.7. The maximum atomic E-state index is 3.73. The molecule has 0 saturated carbocycles. The Morgan fingerprint density at radius 2 is 1.03 bits per heavy atom. The third-order valence-corrected chi connectivity index (χ3v) is 7.69. The predicted octanol–water partition coefficient (Wildman–Crippen LogP) is 9.71. The maximum Gasteiger partial charge on any atom is 0.0181 e. The van der Waals surface area contributed by atoms with Crippen molar-refractivity contribution >= 4 is 31.9 Å². The van der Waals surface area contributed by atoms with Gasteiger partial charge in [0.05, 0.1) is 0 Å². The summed E-state index contributed by atoms with van der Waals surface area (Å²) in [4.78, 5) is 0. The van der Waals surface area contributed by atoms with Gasteiger partial charge in [-0.15, -0.1) is 0 Å². The van der Waals surface area contributed by atoms with E-state index in [0.29, 0.717) is 0 Å². The first-order valence-corrected chi connectivity index (χ1v) is 13.1. The quantitative estimate of drug-likeness (QED) is 0.200. The number of halogens is 2. The third-order valence-electron chi connectivity index (χ3n) is 6.71. The fourth-order valence-corrected chi connectivity index (χ4v) is 5.99. The number of rotatable bonds is 3. The molecule has 1 aliphatic rings. The van der Waals surface area contributed by atoms with Crippen molar-refractivity contribution in [3.05, 3.63) is 140 Å². The van der Waals surface area contributed by atoms with E-state index >= 15 is 0 Å². The molecule has 1 aliphatic carbocycles. The Bertz CT molecular complexity index is 1520. The van der Waals surface area contributed by atoms with Crippen molar-refractivity contribution in [2.45, 2.75) is 12.8 Å². The van der Waals surface area contributed by atoms with Crippen LogP contribution in [0, 0.1) is 0 Å². The minimum Gasteiger partial charge on any atom is -0.0622 e. The molecule has 0 radical (unpaired) electrons. The van der Waals surface area contributed by atoms with Crippen molar-refractivity contribution in [3.8, 4) is 33.4 Å². The highest BCUT2D eigenvalue weighted by Crippen LogP contribution is 2.47. The molecule has 0 bridgehead atoms. The van der Waals surface area contributed by atoms with Gasteiger partial charge in [-0.3, -0.25) is 0 Å². The number of hydrogen-bond donors (Lipinski definition) is 0. The molecule has 0 unspecified atom stereocenters. The molecule has 164 valence electrons. The average molecular weight is 566 g/mol. The van der Waals surface area contributed by atoms with Crippen LogP contribution in [-0.4, -0.2) is 0 Å². The Kier molecular flexibility index (Phi) is 5.72. The van der Waals surface area contributed by atoms with Gasteiger partial charge in [0.1, 0.15) is 0 Å². The van der Waals surface area contributed by atoms with Crippen LogP contribution in [-0.2, 0) is 12.8 Å². The van der Waals surface area contributed by atoms with Crippen LogP contribution in [0.3, 0.4) is 0 Å². The first-order valence-electron chi connectivity index (χ1n) is 11.5. The second kappa shape index (κ2) is 9.02. The minimum atomic E-state index is 0.950. The van der Waals surface area contributed by atoms with E-state index < -0.39 is 0 Å². The lowest BCUT2D eigenvalue weighted by atomic mass is 9.76. The van der Waals surface area contributed by atoms with E-state index in [9.17, 15) is 0 Å². The summed E-state index contributed by atoms with van der Waals surface area (Å²) in [5, 5.41) is 0. The molecule has 0 saturated heterocycles. The molecule has 0 N–H and O–H groups in total. The zero-order chi connectivity index (χ0) is 23.1. The molecule has 2 heteroatoms. The van der Waals surface area contributed by atoms with Crippen molar-refractivity contribution in [3.63, 3.8) is 0 Å². The zero-order valence-electron chi connectivity index (χ0n) is 18.6. The molecule has 34 heavy (non-hydrogen) atoms. The summed E-state index contributed by atoms with van der Waals surface area (Å²) in [5.41, 5.74) is 13.4. The molecular weight excluding hydrogens is 544 g/mol. The van der Waals surface area contributed by atoms with Gasteiger partial charge in [-0.05, 0) is 98.8 Å². The lowest BCUT2D eigenvalue weighted by Gasteiger charge is -2.28. The van der Waals surface area contributed by atoms with E-state index in [1.807, 2.05) is 0 Å². The second-order valence-electron chi connectivity index (χ2n) is 8.82. The fourth-order valence-electron chi connectivity index (χ4n) is 5.19. The van der Waals surface area contributed by atoms with Gasteiger partial charge in [0.15, 0.2) is 0 Å². The summed E-state index contributed by atoms with van der Waals surface area (Å²) in [6.07, 6.45) is 1.91. The van der Waals surface area contributed by atoms with Crippen molar-refractivity contribution in [2.75, 3.05) is 0 Å². The van der Waals surface area contributed by atoms with E-state index in [0.717, 1.165) is 21.8 Å². The summed E-state index contributed by atoms with van der Waals surface area (Å²) in [5.74, 6) is 0. The summed E-state index contributed by atoms with van der Waals surface area (Å²) in [6.45, 7) is 0. The molecule has 5 aromatic rings. The van der Waals surface area contributed by atoms with Crippen LogP contribution in [0.5, 0.6) is 0 Å². The highest BCUT2D eigenvalue weighted by molar-refractivity contribution is 9.10. The van der Waals surface area contributed by atoms with Gasteiger partial charge in [-0.25, -0.2) is 0 Å². The fraction of sp³-hybridized carbons (Fsp3) is 0.0625. The Morgan fingerprint density at radius 1 is 0.441 bits per heavy atom. The molecule has 0 amide bonds. The molecule has 0 aliphatic heterocycles. The molecule has 0 nitrogen and oxygen atoms in total. The molecule has 6 rings (SSSR count). The summed E-state index contributed by atoms with van der Waals surface area (Å²) >= 11 is 7.43. The molecule has 0 heterocycles. The highest BCUT2D eigenvalue weighted by Gasteiger charge is 2.25. The lowest BCUT2D eigenvalue weighted by Crippen LogP contribution is -2.10. The molecule has 0 spiro atoms. The van der Waals surface area contributed by atoms with E-state index in [1.54, 1.807) is 0 Å². The Balaban J connectivity index is 1.73. The Morgan fingerprint density at radius 3 is 1.74 bits per heavy atom. The molecular formula is C32H22Br2. The minimum absolute atomic E-state index is 0.950. The van der Waals surface area contributed by atoms with Crippen LogP contribution in [0.25, 0.3) is 33.4 Å². The summed E-state index contributed by atoms with van der Waals surface area (Å²) in [6, 6.07) is 39.6. The van der Waals surface area contributed by atoms with Crippen molar-refractivity contribution in [1.82, 2.24) is 0 Å². The smallest absolute Gasteiger partial charge is 0.0181 e. The van der Waals surface area contributed by atoms with E-state index in [4.69, 9.17) is 0 Å². The van der Waals surface area contributed by atoms with Gasteiger partial charge in [-0.2, -0.15) is 0 Å². The van der Waals surface area contributed by atoms with Gasteiger partial charge in [0.25, 0.3) is 0 Å². The predicted molar refractivity (Wildman–Crippen MR) is 150 cm³/mol. The van der Waals surface area contributed by atoms with Crippen LogP contribution in [0.4, 0.5) is 0 Å². The SMILES string of the molecule is Brc1cccc(-c2cc3c(c(-c4cccc(Br)c4)c2-c2ccccc2)Cc2ccccc2C3)c1. The van der Waals surface area contributed by atoms with Crippen LogP contribution in [0.15, 0.2) is 118 Å². The summed E-state index contributed by atoms with van der Waals surface area (Å²) < 4.78 is 2.19. The topological polar surface area (TPSA) is 0 Å². The van der Waals surface area contributed by atoms with E-state index in [1.165, 1.54) is 55.6 Å². The maximum absolute atomic E-state index is 3.73. The molecule has 0 fully saturated rings. The van der Waals surface area contributed by atoms with Crippen molar-refractivity contribution in [2.24, 2.45) is 0 Å². The first kappa shape index (κ1) is 21.6. The van der Waals surface area contributed by atoms with E-state index in [2.05, 4.69) is 141 Å². The van der Waals surface area contributed by atoms with Crippen LogP contribution in [0.2, 0.25) is 0 Å². The molecule has 0 aromatic heterocycles. The molecule has 5 aromatic carbocycles. The molecule has 0 atom stereocenters. The average Bonchev–Trinajstić information content (AvgIpc) is 2.87. The first-order chi connectivity index (χ1) is 16.7.